The Hall–Kier alpha value is -3.07. The highest BCUT2D eigenvalue weighted by Gasteiger charge is 2.34. The fourth-order valence-corrected chi connectivity index (χ4v) is 2.56. The highest BCUT2D eigenvalue weighted by molar-refractivity contribution is 5.94. The number of halogens is 3. The van der Waals surface area contributed by atoms with Crippen molar-refractivity contribution in [2.75, 3.05) is 5.32 Å². The third-order valence-electron chi connectivity index (χ3n) is 3.89. The molecule has 0 saturated heterocycles. The van der Waals surface area contributed by atoms with Crippen molar-refractivity contribution >= 4 is 18.0 Å². The van der Waals surface area contributed by atoms with E-state index in [0.29, 0.717) is 22.4 Å². The van der Waals surface area contributed by atoms with E-state index in [2.05, 4.69) is 5.32 Å². The smallest absolute Gasteiger partial charge is 0.419 e. The van der Waals surface area contributed by atoms with Gasteiger partial charge in [-0.05, 0) is 56.2 Å². The van der Waals surface area contributed by atoms with Crippen molar-refractivity contribution in [2.45, 2.75) is 45.7 Å². The molecule has 0 aliphatic rings. The quantitative estimate of drug-likeness (QED) is 0.564. The van der Waals surface area contributed by atoms with Gasteiger partial charge < -0.3 is 20.6 Å². The van der Waals surface area contributed by atoms with Gasteiger partial charge in [-0.15, -0.1) is 0 Å². The van der Waals surface area contributed by atoms with Crippen LogP contribution in [0.15, 0.2) is 36.4 Å². The Bertz CT molecular complexity index is 922. The van der Waals surface area contributed by atoms with Crippen LogP contribution in [0.1, 0.15) is 43.0 Å². The summed E-state index contributed by atoms with van der Waals surface area (Å²) < 4.78 is 50.3. The number of benzene rings is 2. The van der Waals surface area contributed by atoms with Gasteiger partial charge in [-0.2, -0.15) is 13.2 Å². The second-order valence-corrected chi connectivity index (χ2v) is 7.51. The Morgan fingerprint density at radius 2 is 1.80 bits per heavy atom. The standard InChI is InChI=1S/C21H24F3N3O3/c1-20(2,3)30-19(28)27-17-7-5-14(8-15(17)11-26)12-29-18-9-13(10-25)4-6-16(18)21(22,23)24/h4-9,11,26H,10,12,25H2,1-3H3,(H,27,28). The maximum atomic E-state index is 13.2. The molecule has 0 unspecified atom stereocenters. The van der Waals surface area contributed by atoms with E-state index in [1.165, 1.54) is 18.2 Å². The minimum atomic E-state index is -4.57. The maximum Gasteiger partial charge on any atom is 0.419 e. The number of anilines is 1. The van der Waals surface area contributed by atoms with E-state index in [0.717, 1.165) is 12.3 Å². The molecule has 30 heavy (non-hydrogen) atoms. The SMILES string of the molecule is CC(C)(C)OC(=O)Nc1ccc(COc2cc(CN)ccc2C(F)(F)F)cc1C=N. The van der Waals surface area contributed by atoms with Crippen LogP contribution in [0.2, 0.25) is 0 Å². The summed E-state index contributed by atoms with van der Waals surface area (Å²) in [6.45, 7) is 5.08. The molecule has 0 saturated carbocycles. The lowest BCUT2D eigenvalue weighted by Crippen LogP contribution is -2.27. The largest absolute Gasteiger partial charge is 0.488 e. The lowest BCUT2D eigenvalue weighted by Gasteiger charge is -2.20. The number of ether oxygens (including phenoxy) is 2. The Labute approximate surface area is 172 Å². The van der Waals surface area contributed by atoms with Crippen molar-refractivity contribution in [3.8, 4) is 5.75 Å². The number of hydrogen-bond donors (Lipinski definition) is 3. The van der Waals surface area contributed by atoms with Gasteiger partial charge in [0.1, 0.15) is 18.0 Å². The molecule has 0 bridgehead atoms. The van der Waals surface area contributed by atoms with Crippen LogP contribution in [0.25, 0.3) is 0 Å². The first-order valence-electron chi connectivity index (χ1n) is 9.09. The van der Waals surface area contributed by atoms with Crippen molar-refractivity contribution in [3.05, 3.63) is 58.7 Å². The van der Waals surface area contributed by atoms with Gasteiger partial charge in [0.05, 0.1) is 11.3 Å². The molecular formula is C21H24F3N3O3. The molecule has 0 radical (unpaired) electrons. The van der Waals surface area contributed by atoms with Crippen LogP contribution in [0.4, 0.5) is 23.7 Å². The highest BCUT2D eigenvalue weighted by atomic mass is 19.4. The summed E-state index contributed by atoms with van der Waals surface area (Å²) in [5.41, 5.74) is 5.66. The van der Waals surface area contributed by atoms with E-state index in [1.54, 1.807) is 32.9 Å². The van der Waals surface area contributed by atoms with Crippen molar-refractivity contribution in [3.63, 3.8) is 0 Å². The molecule has 0 aliphatic carbocycles. The van der Waals surface area contributed by atoms with Gasteiger partial charge >= 0.3 is 12.3 Å². The number of carbonyl (C=O) groups is 1. The minimum Gasteiger partial charge on any atom is -0.488 e. The summed E-state index contributed by atoms with van der Waals surface area (Å²) >= 11 is 0. The predicted octanol–water partition coefficient (Wildman–Crippen LogP) is 5.09. The lowest BCUT2D eigenvalue weighted by atomic mass is 10.1. The summed E-state index contributed by atoms with van der Waals surface area (Å²) in [5, 5.41) is 10.1. The van der Waals surface area contributed by atoms with E-state index in [1.807, 2.05) is 0 Å². The number of nitrogens with one attached hydrogen (secondary N) is 2. The number of hydrogen-bond acceptors (Lipinski definition) is 5. The zero-order valence-corrected chi connectivity index (χ0v) is 16.9. The number of alkyl halides is 3. The van der Waals surface area contributed by atoms with Crippen LogP contribution in [-0.2, 0) is 24.1 Å². The zero-order valence-electron chi connectivity index (χ0n) is 16.9. The summed E-state index contributed by atoms with van der Waals surface area (Å²) in [6, 6.07) is 8.16. The van der Waals surface area contributed by atoms with Gasteiger partial charge in [-0.3, -0.25) is 5.32 Å². The number of nitrogens with two attached hydrogens (primary N) is 1. The summed E-state index contributed by atoms with van der Waals surface area (Å²) in [7, 11) is 0. The van der Waals surface area contributed by atoms with Crippen LogP contribution in [0.5, 0.6) is 5.75 Å². The average molecular weight is 423 g/mol. The third kappa shape index (κ3) is 6.48. The van der Waals surface area contributed by atoms with E-state index in [4.69, 9.17) is 20.6 Å². The van der Waals surface area contributed by atoms with Crippen LogP contribution in [0.3, 0.4) is 0 Å². The van der Waals surface area contributed by atoms with Crippen molar-refractivity contribution in [1.29, 1.82) is 5.41 Å². The molecule has 2 aromatic carbocycles. The van der Waals surface area contributed by atoms with Crippen LogP contribution in [-0.4, -0.2) is 17.9 Å². The van der Waals surface area contributed by atoms with Gasteiger partial charge in [0.25, 0.3) is 0 Å². The Kier molecular flexibility index (Phi) is 7.09. The van der Waals surface area contributed by atoms with E-state index >= 15 is 0 Å². The van der Waals surface area contributed by atoms with Gasteiger partial charge in [-0.25, -0.2) is 4.79 Å². The second-order valence-electron chi connectivity index (χ2n) is 7.51. The van der Waals surface area contributed by atoms with Gasteiger partial charge in [0, 0.05) is 18.3 Å². The van der Waals surface area contributed by atoms with Gasteiger partial charge in [0.2, 0.25) is 0 Å². The number of amides is 1. The minimum absolute atomic E-state index is 0.0808. The first-order chi connectivity index (χ1) is 13.9. The molecule has 4 N–H and O–H groups in total. The maximum absolute atomic E-state index is 13.2. The molecule has 0 heterocycles. The predicted molar refractivity (Wildman–Crippen MR) is 108 cm³/mol. The molecule has 0 atom stereocenters. The zero-order chi connectivity index (χ0) is 22.5. The summed E-state index contributed by atoms with van der Waals surface area (Å²) in [5.74, 6) is -0.321. The van der Waals surface area contributed by atoms with Gasteiger partial charge in [0.15, 0.2) is 0 Å². The normalized spacial score (nSPS) is 11.7. The fraction of sp³-hybridized carbons (Fsp3) is 0.333. The van der Waals surface area contributed by atoms with Crippen molar-refractivity contribution < 1.29 is 27.4 Å². The van der Waals surface area contributed by atoms with Gasteiger partial charge in [-0.1, -0.05) is 12.1 Å². The molecule has 0 aliphatic heterocycles. The Morgan fingerprint density at radius 3 is 2.37 bits per heavy atom. The van der Waals surface area contributed by atoms with Crippen LogP contribution < -0.4 is 15.8 Å². The lowest BCUT2D eigenvalue weighted by molar-refractivity contribution is -0.139. The number of rotatable bonds is 6. The third-order valence-corrected chi connectivity index (χ3v) is 3.89. The van der Waals surface area contributed by atoms with Crippen molar-refractivity contribution in [1.82, 2.24) is 0 Å². The van der Waals surface area contributed by atoms with Crippen molar-refractivity contribution in [2.24, 2.45) is 5.73 Å². The van der Waals surface area contributed by atoms with Crippen LogP contribution in [0, 0.1) is 5.41 Å². The average Bonchev–Trinajstić information content (AvgIpc) is 2.64. The molecule has 0 aromatic heterocycles. The second kappa shape index (κ2) is 9.17. The Balaban J connectivity index is 2.19. The van der Waals surface area contributed by atoms with E-state index in [-0.39, 0.29) is 18.9 Å². The summed E-state index contributed by atoms with van der Waals surface area (Å²) in [6.07, 6.45) is -4.22. The Morgan fingerprint density at radius 1 is 1.13 bits per heavy atom. The first-order valence-corrected chi connectivity index (χ1v) is 9.09. The van der Waals surface area contributed by atoms with E-state index < -0.39 is 23.4 Å². The molecule has 2 aromatic rings. The number of carbonyl (C=O) groups excluding carboxylic acids is 1. The molecule has 6 nitrogen and oxygen atoms in total. The molecule has 9 heteroatoms. The molecule has 0 fully saturated rings. The molecule has 162 valence electrons. The monoisotopic (exact) mass is 423 g/mol. The summed E-state index contributed by atoms with van der Waals surface area (Å²) in [4.78, 5) is 11.9. The molecular weight excluding hydrogens is 399 g/mol. The topological polar surface area (TPSA) is 97.4 Å². The fourth-order valence-electron chi connectivity index (χ4n) is 2.56. The first kappa shape index (κ1) is 23.2. The molecule has 0 spiro atoms. The van der Waals surface area contributed by atoms with Crippen LogP contribution >= 0.6 is 0 Å². The highest BCUT2D eigenvalue weighted by Crippen LogP contribution is 2.37. The molecule has 1 amide bonds. The van der Waals surface area contributed by atoms with E-state index in [9.17, 15) is 18.0 Å². The molecule has 2 rings (SSSR count).